The summed E-state index contributed by atoms with van der Waals surface area (Å²) in [6.45, 7) is 11.5. The van der Waals surface area contributed by atoms with Crippen molar-refractivity contribution in [3.8, 4) is 5.75 Å². The van der Waals surface area contributed by atoms with Gasteiger partial charge >= 0.3 is 0 Å². The van der Waals surface area contributed by atoms with E-state index in [9.17, 15) is 9.59 Å². The first-order valence-corrected chi connectivity index (χ1v) is 9.80. The van der Waals surface area contributed by atoms with Gasteiger partial charge in [-0.25, -0.2) is 9.85 Å². The number of hydrazine groups is 1. The molecule has 3 bridgehead atoms. The smallest absolute Gasteiger partial charge is 0.298 e. The van der Waals surface area contributed by atoms with Crippen LogP contribution in [0.2, 0.25) is 0 Å². The summed E-state index contributed by atoms with van der Waals surface area (Å²) in [7, 11) is 0. The van der Waals surface area contributed by atoms with Crippen molar-refractivity contribution in [1.29, 1.82) is 0 Å². The van der Waals surface area contributed by atoms with Gasteiger partial charge in [0, 0.05) is 23.1 Å². The van der Waals surface area contributed by atoms with E-state index in [0.717, 1.165) is 33.2 Å². The molecule has 0 N–H and O–H groups in total. The number of rotatable bonds is 2. The van der Waals surface area contributed by atoms with Gasteiger partial charge in [0.25, 0.3) is 11.8 Å². The standard InChI is InChI=1S/C23H26N2O4/c1-13-7-8-16(11-14(13)2)21(26)24(23(4,5)6)25-22(27)17-9-10-19-18(15(17)3)12-20(28-19)29-25/h7-11,20H,12H2,1-6H3. The van der Waals surface area contributed by atoms with Crippen molar-refractivity contribution in [2.75, 3.05) is 0 Å². The summed E-state index contributed by atoms with van der Waals surface area (Å²) in [4.78, 5) is 33.0. The molecule has 6 nitrogen and oxygen atoms in total. The van der Waals surface area contributed by atoms with E-state index in [0.29, 0.717) is 17.5 Å². The van der Waals surface area contributed by atoms with E-state index in [2.05, 4.69) is 0 Å². The Morgan fingerprint density at radius 1 is 1.10 bits per heavy atom. The van der Waals surface area contributed by atoms with Crippen molar-refractivity contribution in [3.05, 3.63) is 63.7 Å². The third kappa shape index (κ3) is 3.17. The van der Waals surface area contributed by atoms with Gasteiger partial charge in [-0.1, -0.05) is 6.07 Å². The molecule has 0 spiro atoms. The Morgan fingerprint density at radius 3 is 2.48 bits per heavy atom. The van der Waals surface area contributed by atoms with Crippen LogP contribution in [0.25, 0.3) is 0 Å². The largest absolute Gasteiger partial charge is 0.462 e. The van der Waals surface area contributed by atoms with Crippen LogP contribution in [0.3, 0.4) is 0 Å². The quantitative estimate of drug-likeness (QED) is 0.769. The topological polar surface area (TPSA) is 59.1 Å². The van der Waals surface area contributed by atoms with Gasteiger partial charge in [-0.2, -0.15) is 0 Å². The molecule has 0 saturated carbocycles. The predicted molar refractivity (Wildman–Crippen MR) is 108 cm³/mol. The molecule has 2 amide bonds. The van der Waals surface area contributed by atoms with Gasteiger partial charge in [-0.3, -0.25) is 9.59 Å². The van der Waals surface area contributed by atoms with Crippen molar-refractivity contribution in [2.45, 2.75) is 59.8 Å². The van der Waals surface area contributed by atoms with E-state index < -0.39 is 11.8 Å². The second-order valence-corrected chi connectivity index (χ2v) is 8.74. The fourth-order valence-electron chi connectivity index (χ4n) is 3.79. The maximum Gasteiger partial charge on any atom is 0.298 e. The summed E-state index contributed by atoms with van der Waals surface area (Å²) in [5.41, 5.74) is 4.28. The van der Waals surface area contributed by atoms with Crippen molar-refractivity contribution in [3.63, 3.8) is 0 Å². The highest BCUT2D eigenvalue weighted by atomic mass is 16.8. The molecule has 1 unspecified atom stereocenters. The molecule has 2 heterocycles. The summed E-state index contributed by atoms with van der Waals surface area (Å²) in [5.74, 6) is 0.0486. The Balaban J connectivity index is 1.80. The summed E-state index contributed by atoms with van der Waals surface area (Å²) in [6.07, 6.45) is -0.116. The first-order chi connectivity index (χ1) is 13.6. The van der Waals surface area contributed by atoms with Crippen LogP contribution in [-0.2, 0) is 11.3 Å². The number of benzene rings is 2. The Bertz CT molecular complexity index is 1020. The first-order valence-electron chi connectivity index (χ1n) is 9.80. The van der Waals surface area contributed by atoms with Gasteiger partial charge in [0.05, 0.1) is 5.54 Å². The average Bonchev–Trinajstić information content (AvgIpc) is 3.08. The molecular weight excluding hydrogens is 368 g/mol. The number of amides is 2. The molecule has 0 radical (unpaired) electrons. The number of nitrogens with zero attached hydrogens (tertiary/aromatic N) is 2. The molecule has 29 heavy (non-hydrogen) atoms. The highest BCUT2D eigenvalue weighted by Crippen LogP contribution is 2.37. The fourth-order valence-corrected chi connectivity index (χ4v) is 3.79. The number of fused-ring (bicyclic) bond motifs is 2. The minimum atomic E-state index is -0.709. The molecule has 0 fully saturated rings. The lowest BCUT2D eigenvalue weighted by molar-refractivity contribution is -0.303. The number of aryl methyl sites for hydroxylation is 2. The van der Waals surface area contributed by atoms with Gasteiger partial charge in [0.15, 0.2) is 0 Å². The van der Waals surface area contributed by atoms with Crippen LogP contribution in [0.5, 0.6) is 5.75 Å². The summed E-state index contributed by atoms with van der Waals surface area (Å²) < 4.78 is 5.87. The zero-order chi connectivity index (χ0) is 21.1. The lowest BCUT2D eigenvalue weighted by Gasteiger charge is -2.42. The van der Waals surface area contributed by atoms with Crippen LogP contribution in [0.4, 0.5) is 0 Å². The highest BCUT2D eigenvalue weighted by Gasteiger charge is 2.43. The van der Waals surface area contributed by atoms with Gasteiger partial charge in [-0.05, 0) is 82.5 Å². The molecule has 0 aromatic heterocycles. The van der Waals surface area contributed by atoms with Crippen LogP contribution in [0.15, 0.2) is 30.3 Å². The van der Waals surface area contributed by atoms with Crippen molar-refractivity contribution < 1.29 is 19.2 Å². The zero-order valence-electron chi connectivity index (χ0n) is 17.7. The van der Waals surface area contributed by atoms with Crippen LogP contribution in [0.1, 0.15) is 63.7 Å². The van der Waals surface area contributed by atoms with Crippen molar-refractivity contribution in [1.82, 2.24) is 10.2 Å². The minimum Gasteiger partial charge on any atom is -0.462 e. The van der Waals surface area contributed by atoms with Gasteiger partial charge in [-0.15, -0.1) is 5.17 Å². The molecular formula is C23H26N2O4. The van der Waals surface area contributed by atoms with E-state index in [1.807, 2.05) is 53.7 Å². The molecule has 2 aromatic carbocycles. The molecule has 2 aromatic rings. The number of carbonyl (C=O) groups excluding carboxylic acids is 2. The number of ether oxygens (including phenoxy) is 1. The van der Waals surface area contributed by atoms with Crippen LogP contribution >= 0.6 is 0 Å². The Kier molecular flexibility index (Phi) is 4.42. The van der Waals surface area contributed by atoms with E-state index in [-0.39, 0.29) is 11.8 Å². The summed E-state index contributed by atoms with van der Waals surface area (Å²) in [6, 6.07) is 9.07. The number of carbonyl (C=O) groups is 2. The first kappa shape index (κ1) is 19.5. The molecule has 6 heteroatoms. The minimum absolute atomic E-state index is 0.304. The van der Waals surface area contributed by atoms with Crippen molar-refractivity contribution >= 4 is 11.8 Å². The lowest BCUT2D eigenvalue weighted by Crippen LogP contribution is -2.59. The molecule has 0 aliphatic carbocycles. The second-order valence-electron chi connectivity index (χ2n) is 8.74. The zero-order valence-corrected chi connectivity index (χ0v) is 17.7. The second kappa shape index (κ2) is 6.59. The monoisotopic (exact) mass is 394 g/mol. The number of hydrogen-bond donors (Lipinski definition) is 0. The maximum absolute atomic E-state index is 13.6. The predicted octanol–water partition coefficient (Wildman–Crippen LogP) is 4.12. The molecule has 2 aliphatic rings. The van der Waals surface area contributed by atoms with Crippen LogP contribution in [0, 0.1) is 20.8 Å². The third-order valence-electron chi connectivity index (χ3n) is 5.57. The average molecular weight is 394 g/mol. The van der Waals surface area contributed by atoms with E-state index in [4.69, 9.17) is 9.57 Å². The van der Waals surface area contributed by atoms with Crippen molar-refractivity contribution in [2.24, 2.45) is 0 Å². The van der Waals surface area contributed by atoms with Gasteiger partial charge < -0.3 is 4.74 Å². The Labute approximate surface area is 170 Å². The molecule has 1 atom stereocenters. The normalized spacial score (nSPS) is 17.8. The summed E-state index contributed by atoms with van der Waals surface area (Å²) in [5, 5.41) is 2.48. The Hall–Kier alpha value is -2.86. The maximum atomic E-state index is 13.6. The van der Waals surface area contributed by atoms with E-state index >= 15 is 0 Å². The van der Waals surface area contributed by atoms with Gasteiger partial charge in [0.2, 0.25) is 6.29 Å². The summed E-state index contributed by atoms with van der Waals surface area (Å²) >= 11 is 0. The molecule has 0 saturated heterocycles. The number of hydroxylamine groups is 1. The fraction of sp³-hybridized carbons (Fsp3) is 0.391. The molecule has 152 valence electrons. The van der Waals surface area contributed by atoms with Crippen LogP contribution < -0.4 is 4.74 Å². The number of hydrogen-bond acceptors (Lipinski definition) is 4. The SMILES string of the molecule is Cc1ccc(C(=O)N(N2OC3Cc4c(ccc(c4C)C2=O)O3)C(C)(C)C)cc1C. The molecule has 2 aliphatic heterocycles. The van der Waals surface area contributed by atoms with E-state index in [1.54, 1.807) is 18.2 Å². The van der Waals surface area contributed by atoms with Crippen LogP contribution in [-0.4, -0.2) is 33.8 Å². The third-order valence-corrected chi connectivity index (χ3v) is 5.57. The highest BCUT2D eigenvalue weighted by molar-refractivity contribution is 6.00. The van der Waals surface area contributed by atoms with Gasteiger partial charge in [0.1, 0.15) is 5.75 Å². The Morgan fingerprint density at radius 2 is 1.83 bits per heavy atom. The van der Waals surface area contributed by atoms with E-state index in [1.165, 1.54) is 5.01 Å². The molecule has 4 rings (SSSR count). The lowest BCUT2D eigenvalue weighted by atomic mass is 9.99.